The van der Waals surface area contributed by atoms with Gasteiger partial charge in [0.05, 0.1) is 0 Å². The van der Waals surface area contributed by atoms with Gasteiger partial charge in [-0.2, -0.15) is 0 Å². The Kier molecular flexibility index (Phi) is 6.17. The van der Waals surface area contributed by atoms with Crippen LogP contribution in [0.4, 0.5) is 17.1 Å². The molecule has 2 heteroatoms. The fourth-order valence-corrected chi connectivity index (χ4v) is 6.84. The maximum atomic E-state index is 6.20. The quantitative estimate of drug-likeness (QED) is 0.186. The molecular weight excluding hydrogens is 558 g/mol. The third-order valence-electron chi connectivity index (χ3n) is 9.03. The molecule has 9 rings (SSSR count). The number of hydrogen-bond acceptors (Lipinski definition) is 2. The van der Waals surface area contributed by atoms with Crippen LogP contribution in [0.3, 0.4) is 0 Å². The molecule has 0 unspecified atom stereocenters. The Morgan fingerprint density at radius 3 is 1.78 bits per heavy atom. The molecule has 1 heterocycles. The minimum absolute atomic E-state index is 0.890. The van der Waals surface area contributed by atoms with Crippen molar-refractivity contribution in [2.24, 2.45) is 0 Å². The van der Waals surface area contributed by atoms with Crippen molar-refractivity contribution in [3.8, 4) is 22.3 Å². The van der Waals surface area contributed by atoms with Gasteiger partial charge >= 0.3 is 0 Å². The van der Waals surface area contributed by atoms with E-state index in [-0.39, 0.29) is 0 Å². The Morgan fingerprint density at radius 1 is 0.326 bits per heavy atom. The number of hydrogen-bond donors (Lipinski definition) is 0. The summed E-state index contributed by atoms with van der Waals surface area (Å²) in [5.41, 5.74) is 9.86. The molecule has 0 bridgehead atoms. The molecule has 0 atom stereocenters. The fraction of sp³-hybridized carbons (Fsp3) is 0. The summed E-state index contributed by atoms with van der Waals surface area (Å²) in [7, 11) is 0. The summed E-state index contributed by atoms with van der Waals surface area (Å²) in [5.74, 6) is 0. The van der Waals surface area contributed by atoms with E-state index in [1.807, 2.05) is 12.1 Å². The number of furan rings is 1. The normalized spacial score (nSPS) is 11.5. The lowest BCUT2D eigenvalue weighted by Crippen LogP contribution is -2.10. The van der Waals surface area contributed by atoms with E-state index >= 15 is 0 Å². The molecule has 0 aliphatic heterocycles. The lowest BCUT2D eigenvalue weighted by molar-refractivity contribution is 0.669. The predicted octanol–water partition coefficient (Wildman–Crippen LogP) is 12.7. The van der Waals surface area contributed by atoms with Crippen LogP contribution in [0.2, 0.25) is 0 Å². The average molecular weight is 588 g/mol. The highest BCUT2D eigenvalue weighted by Crippen LogP contribution is 2.42. The smallest absolute Gasteiger partial charge is 0.135 e. The SMILES string of the molecule is c1ccc(-c2ccc(N(c3cccc(-c4cc5ccccc5c5ccccc45)c3)c3ccc4oc5ccccc5c4c3)cc2)cc1. The van der Waals surface area contributed by atoms with E-state index in [4.69, 9.17) is 4.42 Å². The van der Waals surface area contributed by atoms with Gasteiger partial charge in [-0.1, -0.05) is 121 Å². The summed E-state index contributed by atoms with van der Waals surface area (Å²) >= 11 is 0. The molecule has 0 aliphatic rings. The summed E-state index contributed by atoms with van der Waals surface area (Å²) in [6.07, 6.45) is 0. The van der Waals surface area contributed by atoms with Gasteiger partial charge in [-0.05, 0) is 98.4 Å². The summed E-state index contributed by atoms with van der Waals surface area (Å²) in [4.78, 5) is 2.35. The number of benzene rings is 8. The first-order chi connectivity index (χ1) is 22.8. The monoisotopic (exact) mass is 587 g/mol. The molecule has 2 nitrogen and oxygen atoms in total. The second kappa shape index (κ2) is 10.8. The molecule has 0 aliphatic carbocycles. The maximum Gasteiger partial charge on any atom is 0.135 e. The van der Waals surface area contributed by atoms with Crippen molar-refractivity contribution in [1.82, 2.24) is 0 Å². The van der Waals surface area contributed by atoms with Crippen LogP contribution in [-0.4, -0.2) is 0 Å². The highest BCUT2D eigenvalue weighted by atomic mass is 16.3. The highest BCUT2D eigenvalue weighted by Gasteiger charge is 2.17. The van der Waals surface area contributed by atoms with E-state index in [0.29, 0.717) is 0 Å². The van der Waals surface area contributed by atoms with Gasteiger partial charge in [0.2, 0.25) is 0 Å². The van der Waals surface area contributed by atoms with E-state index in [2.05, 4.69) is 169 Å². The van der Waals surface area contributed by atoms with Crippen molar-refractivity contribution >= 4 is 60.5 Å². The van der Waals surface area contributed by atoms with Gasteiger partial charge in [0.25, 0.3) is 0 Å². The molecule has 0 fully saturated rings. The van der Waals surface area contributed by atoms with E-state index in [1.165, 1.54) is 43.8 Å². The molecule has 0 saturated carbocycles. The summed E-state index contributed by atoms with van der Waals surface area (Å²) in [5, 5.41) is 7.27. The zero-order valence-electron chi connectivity index (χ0n) is 25.1. The molecule has 0 radical (unpaired) electrons. The molecule has 46 heavy (non-hydrogen) atoms. The molecule has 0 amide bonds. The van der Waals surface area contributed by atoms with Gasteiger partial charge in [-0.3, -0.25) is 0 Å². The van der Waals surface area contributed by atoms with E-state index in [9.17, 15) is 0 Å². The number of anilines is 3. The van der Waals surface area contributed by atoms with Crippen molar-refractivity contribution in [2.45, 2.75) is 0 Å². The average Bonchev–Trinajstić information content (AvgIpc) is 3.50. The van der Waals surface area contributed by atoms with Gasteiger partial charge in [0, 0.05) is 27.8 Å². The third kappa shape index (κ3) is 4.43. The van der Waals surface area contributed by atoms with Crippen LogP contribution in [0.5, 0.6) is 0 Å². The van der Waals surface area contributed by atoms with Gasteiger partial charge < -0.3 is 9.32 Å². The summed E-state index contributed by atoms with van der Waals surface area (Å²) < 4.78 is 6.20. The first kappa shape index (κ1) is 26.3. The Morgan fingerprint density at radius 2 is 0.935 bits per heavy atom. The number of para-hydroxylation sites is 1. The summed E-state index contributed by atoms with van der Waals surface area (Å²) in [6.45, 7) is 0. The van der Waals surface area contributed by atoms with E-state index in [0.717, 1.165) is 39.0 Å². The Hall–Kier alpha value is -6.12. The first-order valence-corrected chi connectivity index (χ1v) is 15.7. The second-order valence-corrected chi connectivity index (χ2v) is 11.8. The molecule has 0 N–H and O–H groups in total. The van der Waals surface area contributed by atoms with Crippen molar-refractivity contribution in [1.29, 1.82) is 0 Å². The predicted molar refractivity (Wildman–Crippen MR) is 194 cm³/mol. The number of fused-ring (bicyclic) bond motifs is 6. The molecule has 1 aromatic heterocycles. The van der Waals surface area contributed by atoms with Gasteiger partial charge in [0.15, 0.2) is 0 Å². The van der Waals surface area contributed by atoms with Crippen molar-refractivity contribution in [3.05, 3.63) is 176 Å². The van der Waals surface area contributed by atoms with E-state index in [1.54, 1.807) is 0 Å². The zero-order chi connectivity index (χ0) is 30.5. The standard InChI is InChI=1S/C44H29NO/c1-2-11-30(12-3-1)31-21-23-34(24-22-31)45(36-25-26-44-42(29-36)40-19-8-9-20-43(40)46-44)35-15-10-14-32(27-35)41-28-33-13-4-5-16-37(33)38-17-6-7-18-39(38)41/h1-29H. The van der Waals surface area contributed by atoms with Gasteiger partial charge in [-0.25, -0.2) is 0 Å². The molecule has 8 aromatic carbocycles. The lowest BCUT2D eigenvalue weighted by atomic mass is 9.93. The molecule has 216 valence electrons. The minimum atomic E-state index is 0.890. The van der Waals surface area contributed by atoms with Crippen LogP contribution < -0.4 is 4.90 Å². The zero-order valence-corrected chi connectivity index (χ0v) is 25.1. The minimum Gasteiger partial charge on any atom is -0.456 e. The van der Waals surface area contributed by atoms with Crippen LogP contribution in [0.15, 0.2) is 180 Å². The topological polar surface area (TPSA) is 16.4 Å². The molecule has 0 spiro atoms. The maximum absolute atomic E-state index is 6.20. The van der Waals surface area contributed by atoms with Gasteiger partial charge in [0.1, 0.15) is 11.2 Å². The van der Waals surface area contributed by atoms with Crippen LogP contribution in [0, 0.1) is 0 Å². The summed E-state index contributed by atoms with van der Waals surface area (Å²) in [6, 6.07) is 62.8. The lowest BCUT2D eigenvalue weighted by Gasteiger charge is -2.26. The van der Waals surface area contributed by atoms with Crippen molar-refractivity contribution < 1.29 is 4.42 Å². The van der Waals surface area contributed by atoms with Crippen molar-refractivity contribution in [3.63, 3.8) is 0 Å². The fourth-order valence-electron chi connectivity index (χ4n) is 6.84. The van der Waals surface area contributed by atoms with Crippen LogP contribution in [0.1, 0.15) is 0 Å². The van der Waals surface area contributed by atoms with Crippen LogP contribution in [0.25, 0.3) is 65.7 Å². The van der Waals surface area contributed by atoms with E-state index < -0.39 is 0 Å². The molecule has 0 saturated heterocycles. The van der Waals surface area contributed by atoms with Gasteiger partial charge in [-0.15, -0.1) is 0 Å². The first-order valence-electron chi connectivity index (χ1n) is 15.7. The van der Waals surface area contributed by atoms with Crippen LogP contribution >= 0.6 is 0 Å². The van der Waals surface area contributed by atoms with Crippen molar-refractivity contribution in [2.75, 3.05) is 4.90 Å². The second-order valence-electron chi connectivity index (χ2n) is 11.8. The molecular formula is C44H29NO. The van der Waals surface area contributed by atoms with Crippen LogP contribution in [-0.2, 0) is 0 Å². The molecule has 9 aromatic rings. The Labute approximate surface area is 267 Å². The Balaban J connectivity index is 1.24. The largest absolute Gasteiger partial charge is 0.456 e. The number of rotatable bonds is 5. The third-order valence-corrected chi connectivity index (χ3v) is 9.03. The highest BCUT2D eigenvalue weighted by molar-refractivity contribution is 6.14. The Bertz CT molecular complexity index is 2530. The number of nitrogens with zero attached hydrogens (tertiary/aromatic N) is 1.